The van der Waals surface area contributed by atoms with E-state index in [0.29, 0.717) is 12.8 Å². The predicted molar refractivity (Wildman–Crippen MR) is 103 cm³/mol. The van der Waals surface area contributed by atoms with E-state index in [1.165, 1.54) is 0 Å². The number of aliphatic carboxylic acids is 1. The number of carboxylic acids is 1. The summed E-state index contributed by atoms with van der Waals surface area (Å²) in [5.74, 6) is -2.10. The zero-order valence-electron chi connectivity index (χ0n) is 17.4. The highest BCUT2D eigenvalue weighted by Crippen LogP contribution is 2.20. The Balaban J connectivity index is 4.91. The predicted octanol–water partition coefficient (Wildman–Crippen LogP) is -0.457. The Hall–Kier alpha value is -1.71. The molecular weight excluding hydrogens is 352 g/mol. The Morgan fingerprint density at radius 1 is 1.07 bits per heavy atom. The largest absolute Gasteiger partial charge is 0.480 e. The van der Waals surface area contributed by atoms with Crippen LogP contribution in [0, 0.1) is 0 Å². The lowest BCUT2D eigenvalue weighted by atomic mass is 9.86. The van der Waals surface area contributed by atoms with E-state index in [0.717, 1.165) is 4.90 Å². The third-order valence-corrected chi connectivity index (χ3v) is 4.69. The molecule has 5 N–H and O–H groups in total. The minimum absolute atomic E-state index is 0.0485. The first-order valence-corrected chi connectivity index (χ1v) is 9.29. The number of hydrogen-bond acceptors (Lipinski definition) is 6. The highest BCUT2D eigenvalue weighted by Gasteiger charge is 2.35. The fourth-order valence-electron chi connectivity index (χ4n) is 2.74. The average molecular weight is 389 g/mol. The smallest absolute Gasteiger partial charge is 0.323 e. The zero-order valence-corrected chi connectivity index (χ0v) is 17.4. The van der Waals surface area contributed by atoms with Gasteiger partial charge in [0.2, 0.25) is 11.8 Å². The van der Waals surface area contributed by atoms with Gasteiger partial charge >= 0.3 is 5.97 Å². The van der Waals surface area contributed by atoms with E-state index in [2.05, 4.69) is 16.0 Å². The van der Waals surface area contributed by atoms with Crippen molar-refractivity contribution in [3.63, 3.8) is 0 Å². The van der Waals surface area contributed by atoms with Crippen LogP contribution >= 0.6 is 0 Å². The average Bonchev–Trinajstić information content (AvgIpc) is 2.58. The molecule has 1 unspecified atom stereocenters. The molecule has 0 aromatic carbocycles. The van der Waals surface area contributed by atoms with Gasteiger partial charge in [-0.3, -0.25) is 14.4 Å². The van der Waals surface area contributed by atoms with Crippen molar-refractivity contribution < 1.29 is 24.6 Å². The molecule has 0 heterocycles. The Morgan fingerprint density at radius 3 is 2.04 bits per heavy atom. The van der Waals surface area contributed by atoms with Crippen LogP contribution in [0.5, 0.6) is 0 Å². The van der Waals surface area contributed by atoms with Gasteiger partial charge in [-0.25, -0.2) is 0 Å². The van der Waals surface area contributed by atoms with Gasteiger partial charge in [-0.2, -0.15) is 0 Å². The lowest BCUT2D eigenvalue weighted by molar-refractivity contribution is -0.145. The number of amides is 2. The van der Waals surface area contributed by atoms with Crippen LogP contribution in [0.4, 0.5) is 0 Å². The number of carbonyl (C=O) groups excluding carboxylic acids is 2. The molecule has 0 aliphatic rings. The van der Waals surface area contributed by atoms with Crippen molar-refractivity contribution in [3.05, 3.63) is 0 Å². The molecule has 0 fully saturated rings. The van der Waals surface area contributed by atoms with Gasteiger partial charge in [0, 0.05) is 17.6 Å². The number of nitrogens with zero attached hydrogens (tertiary/aromatic N) is 1. The summed E-state index contributed by atoms with van der Waals surface area (Å²) in [5.41, 5.74) is -0.853. The van der Waals surface area contributed by atoms with E-state index in [9.17, 15) is 19.5 Å². The molecule has 0 spiro atoms. The van der Waals surface area contributed by atoms with Crippen LogP contribution < -0.4 is 16.0 Å². The van der Waals surface area contributed by atoms with E-state index in [-0.39, 0.29) is 31.1 Å². The fourth-order valence-corrected chi connectivity index (χ4v) is 2.74. The second-order valence-electron chi connectivity index (χ2n) is 7.68. The molecule has 1 atom stereocenters. The molecule has 0 bridgehead atoms. The van der Waals surface area contributed by atoms with Crippen molar-refractivity contribution in [1.82, 2.24) is 20.9 Å². The minimum Gasteiger partial charge on any atom is -0.480 e. The van der Waals surface area contributed by atoms with Crippen molar-refractivity contribution >= 4 is 17.8 Å². The Morgan fingerprint density at radius 2 is 1.63 bits per heavy atom. The highest BCUT2D eigenvalue weighted by molar-refractivity contribution is 5.87. The molecule has 9 heteroatoms. The molecule has 0 saturated heterocycles. The summed E-state index contributed by atoms with van der Waals surface area (Å²) in [5, 5.41) is 28.2. The molecule has 0 saturated carbocycles. The molecule has 158 valence electrons. The number of aliphatic hydroxyl groups excluding tert-OH is 1. The van der Waals surface area contributed by atoms with Gasteiger partial charge in [0.1, 0.15) is 6.54 Å². The van der Waals surface area contributed by atoms with Gasteiger partial charge < -0.3 is 31.1 Å². The van der Waals surface area contributed by atoms with Gasteiger partial charge in [-0.15, -0.1) is 0 Å². The first kappa shape index (κ1) is 25.3. The lowest BCUT2D eigenvalue weighted by Crippen LogP contribution is -2.58. The SMILES string of the molecule is CCC(CC)(NC)C(O)CN(CC(=O)O)C(=O)CNC(=O)CNC(C)(C)C. The van der Waals surface area contributed by atoms with E-state index >= 15 is 0 Å². The summed E-state index contributed by atoms with van der Waals surface area (Å²) in [7, 11) is 1.72. The van der Waals surface area contributed by atoms with E-state index in [1.54, 1.807) is 7.05 Å². The van der Waals surface area contributed by atoms with Crippen molar-refractivity contribution in [1.29, 1.82) is 0 Å². The van der Waals surface area contributed by atoms with Gasteiger partial charge in [-0.1, -0.05) is 13.8 Å². The number of hydrogen-bond donors (Lipinski definition) is 5. The maximum absolute atomic E-state index is 12.4. The van der Waals surface area contributed by atoms with Gasteiger partial charge in [0.25, 0.3) is 0 Å². The molecule has 0 rings (SSSR count). The number of likely N-dealkylation sites (N-methyl/N-ethyl adjacent to an activating group) is 1. The second kappa shape index (κ2) is 11.2. The third-order valence-electron chi connectivity index (χ3n) is 4.69. The number of carboxylic acid groups (broad SMARTS) is 1. The molecule has 9 nitrogen and oxygen atoms in total. The summed E-state index contributed by atoms with van der Waals surface area (Å²) in [6.45, 7) is 8.61. The monoisotopic (exact) mass is 388 g/mol. The van der Waals surface area contributed by atoms with Crippen LogP contribution in [-0.4, -0.2) is 83.3 Å². The highest BCUT2D eigenvalue weighted by atomic mass is 16.4. The fraction of sp³-hybridized carbons (Fsp3) is 0.833. The summed E-state index contributed by atoms with van der Waals surface area (Å²) >= 11 is 0. The first-order chi connectivity index (χ1) is 12.4. The summed E-state index contributed by atoms with van der Waals surface area (Å²) in [4.78, 5) is 36.4. The van der Waals surface area contributed by atoms with Crippen LogP contribution in [0.1, 0.15) is 47.5 Å². The topological polar surface area (TPSA) is 131 Å². The van der Waals surface area contributed by atoms with Crippen LogP contribution in [-0.2, 0) is 14.4 Å². The molecular formula is C18H36N4O5. The maximum atomic E-state index is 12.4. The Bertz CT molecular complexity index is 492. The van der Waals surface area contributed by atoms with E-state index in [1.807, 2.05) is 34.6 Å². The van der Waals surface area contributed by atoms with Crippen molar-refractivity contribution in [2.75, 3.05) is 33.2 Å². The number of carbonyl (C=O) groups is 3. The summed E-state index contributed by atoms with van der Waals surface area (Å²) in [6.07, 6.45) is 0.288. The standard InChI is InChI=1S/C18H36N4O5/c1-7-18(8-2,19-6)13(23)11-22(12-16(26)27)15(25)10-20-14(24)9-21-17(3,4)5/h13,19,21,23H,7-12H2,1-6H3,(H,20,24)(H,26,27). The Kier molecular flexibility index (Phi) is 10.5. The minimum atomic E-state index is -1.18. The maximum Gasteiger partial charge on any atom is 0.323 e. The van der Waals surface area contributed by atoms with Gasteiger partial charge in [-0.05, 0) is 40.7 Å². The summed E-state index contributed by atoms with van der Waals surface area (Å²) < 4.78 is 0. The number of rotatable bonds is 12. The van der Waals surface area contributed by atoms with Crippen LogP contribution in [0.2, 0.25) is 0 Å². The van der Waals surface area contributed by atoms with Crippen LogP contribution in [0.3, 0.4) is 0 Å². The van der Waals surface area contributed by atoms with Crippen LogP contribution in [0.15, 0.2) is 0 Å². The molecule has 0 aromatic heterocycles. The molecule has 2 amide bonds. The van der Waals surface area contributed by atoms with E-state index < -0.39 is 30.1 Å². The van der Waals surface area contributed by atoms with Crippen molar-refractivity contribution in [3.8, 4) is 0 Å². The lowest BCUT2D eigenvalue weighted by Gasteiger charge is -2.38. The molecule has 0 aliphatic heterocycles. The second-order valence-corrected chi connectivity index (χ2v) is 7.68. The van der Waals surface area contributed by atoms with Crippen LogP contribution in [0.25, 0.3) is 0 Å². The number of aliphatic hydroxyl groups is 1. The molecule has 0 radical (unpaired) electrons. The number of nitrogens with one attached hydrogen (secondary N) is 3. The first-order valence-electron chi connectivity index (χ1n) is 9.29. The third kappa shape index (κ3) is 9.16. The molecule has 27 heavy (non-hydrogen) atoms. The Labute approximate surface area is 161 Å². The molecule has 0 aliphatic carbocycles. The van der Waals surface area contributed by atoms with Gasteiger partial charge in [0.05, 0.1) is 19.2 Å². The van der Waals surface area contributed by atoms with Crippen molar-refractivity contribution in [2.24, 2.45) is 0 Å². The quantitative estimate of drug-likeness (QED) is 0.306. The molecule has 0 aromatic rings. The zero-order chi connectivity index (χ0) is 21.3. The van der Waals surface area contributed by atoms with E-state index in [4.69, 9.17) is 5.11 Å². The van der Waals surface area contributed by atoms with Gasteiger partial charge in [0.15, 0.2) is 0 Å². The normalized spacial score (nSPS) is 13.1. The van der Waals surface area contributed by atoms with Crippen molar-refractivity contribution in [2.45, 2.75) is 64.6 Å². The summed E-state index contributed by atoms with van der Waals surface area (Å²) in [6, 6.07) is 0.